The summed E-state index contributed by atoms with van der Waals surface area (Å²) in [6.07, 6.45) is 1.18. The highest BCUT2D eigenvalue weighted by Gasteiger charge is 2.04. The molecule has 0 amide bonds. The van der Waals surface area contributed by atoms with Crippen LogP contribution in [0.15, 0.2) is 0 Å². The lowest BCUT2D eigenvalue weighted by atomic mass is 10.2. The van der Waals surface area contributed by atoms with Gasteiger partial charge in [0, 0.05) is 17.8 Å². The Morgan fingerprint density at radius 2 is 2.07 bits per heavy atom. The molecular weight excluding hydrogens is 188 g/mol. The van der Waals surface area contributed by atoms with E-state index in [2.05, 4.69) is 41.4 Å². The molecular formula is C11H22N4. The van der Waals surface area contributed by atoms with Gasteiger partial charge in [-0.05, 0) is 47.5 Å². The Labute approximate surface area is 92.1 Å². The predicted octanol–water partition coefficient (Wildman–Crippen LogP) is 1.07. The molecule has 0 aromatic carbocycles. The molecule has 0 aliphatic heterocycles. The summed E-state index contributed by atoms with van der Waals surface area (Å²) in [5.74, 6) is 0. The van der Waals surface area contributed by atoms with Crippen LogP contribution in [-0.2, 0) is 6.54 Å². The molecule has 15 heavy (non-hydrogen) atoms. The molecule has 1 rings (SSSR count). The fourth-order valence-electron chi connectivity index (χ4n) is 1.57. The minimum Gasteiger partial charge on any atom is -0.312 e. The van der Waals surface area contributed by atoms with Crippen molar-refractivity contribution in [3.8, 4) is 0 Å². The van der Waals surface area contributed by atoms with Gasteiger partial charge in [-0.15, -0.1) is 0 Å². The molecule has 0 fully saturated rings. The zero-order valence-electron chi connectivity index (χ0n) is 10.2. The van der Waals surface area contributed by atoms with Crippen molar-refractivity contribution < 1.29 is 0 Å². The largest absolute Gasteiger partial charge is 0.312 e. The van der Waals surface area contributed by atoms with Crippen LogP contribution in [0, 0.1) is 13.8 Å². The third-order valence-corrected chi connectivity index (χ3v) is 2.54. The molecule has 0 saturated carbocycles. The van der Waals surface area contributed by atoms with Crippen molar-refractivity contribution in [2.45, 2.75) is 26.8 Å². The molecule has 0 spiro atoms. The lowest BCUT2D eigenvalue weighted by Crippen LogP contribution is -2.21. The average Bonchev–Trinajstić information content (AvgIpc) is 2.47. The molecule has 1 aromatic heterocycles. The predicted molar refractivity (Wildman–Crippen MR) is 62.9 cm³/mol. The second kappa shape index (κ2) is 5.88. The van der Waals surface area contributed by atoms with Crippen LogP contribution in [0.4, 0.5) is 0 Å². The first-order chi connectivity index (χ1) is 7.11. The highest BCUT2D eigenvalue weighted by atomic mass is 15.1. The van der Waals surface area contributed by atoms with Crippen LogP contribution < -0.4 is 5.32 Å². The monoisotopic (exact) mass is 210 g/mol. The molecule has 1 heterocycles. The number of aryl methyl sites for hydroxylation is 2. The van der Waals surface area contributed by atoms with Crippen molar-refractivity contribution in [3.63, 3.8) is 0 Å². The molecule has 0 atom stereocenters. The van der Waals surface area contributed by atoms with Gasteiger partial charge in [-0.1, -0.05) is 0 Å². The summed E-state index contributed by atoms with van der Waals surface area (Å²) >= 11 is 0. The Morgan fingerprint density at radius 1 is 1.33 bits per heavy atom. The Balaban J connectivity index is 2.20. The van der Waals surface area contributed by atoms with Gasteiger partial charge in [0.1, 0.15) is 0 Å². The van der Waals surface area contributed by atoms with Gasteiger partial charge in [-0.3, -0.25) is 5.10 Å². The van der Waals surface area contributed by atoms with Crippen molar-refractivity contribution in [3.05, 3.63) is 17.0 Å². The molecule has 0 radical (unpaired) electrons. The number of aromatic nitrogens is 2. The van der Waals surface area contributed by atoms with Crippen molar-refractivity contribution in [2.75, 3.05) is 27.2 Å². The van der Waals surface area contributed by atoms with Gasteiger partial charge in [0.2, 0.25) is 0 Å². The van der Waals surface area contributed by atoms with Gasteiger partial charge in [0.05, 0.1) is 5.69 Å². The standard InChI is InChI=1S/C11H22N4/c1-9-11(10(2)14-13-9)8-12-6-5-7-15(3)4/h12H,5-8H2,1-4H3,(H,13,14). The van der Waals surface area contributed by atoms with Crippen LogP contribution >= 0.6 is 0 Å². The third-order valence-electron chi connectivity index (χ3n) is 2.54. The normalized spacial score (nSPS) is 11.3. The molecule has 0 aliphatic carbocycles. The number of hydrogen-bond acceptors (Lipinski definition) is 3. The molecule has 1 aromatic rings. The van der Waals surface area contributed by atoms with Crippen molar-refractivity contribution >= 4 is 0 Å². The zero-order chi connectivity index (χ0) is 11.3. The molecule has 0 aliphatic rings. The van der Waals surface area contributed by atoms with Crippen molar-refractivity contribution in [1.29, 1.82) is 0 Å². The Morgan fingerprint density at radius 3 is 2.60 bits per heavy atom. The summed E-state index contributed by atoms with van der Waals surface area (Å²) in [4.78, 5) is 2.20. The van der Waals surface area contributed by atoms with Crippen LogP contribution in [0.5, 0.6) is 0 Å². The Hall–Kier alpha value is -0.870. The van der Waals surface area contributed by atoms with E-state index < -0.39 is 0 Å². The smallest absolute Gasteiger partial charge is 0.0638 e. The molecule has 4 heteroatoms. The summed E-state index contributed by atoms with van der Waals surface area (Å²) in [7, 11) is 4.20. The van der Waals surface area contributed by atoms with Gasteiger partial charge < -0.3 is 10.2 Å². The van der Waals surface area contributed by atoms with E-state index in [4.69, 9.17) is 0 Å². The van der Waals surface area contributed by atoms with Crippen LogP contribution in [0.2, 0.25) is 0 Å². The van der Waals surface area contributed by atoms with Crippen LogP contribution in [-0.4, -0.2) is 42.3 Å². The van der Waals surface area contributed by atoms with Crippen LogP contribution in [0.1, 0.15) is 23.4 Å². The van der Waals surface area contributed by atoms with Gasteiger partial charge >= 0.3 is 0 Å². The minimum atomic E-state index is 0.918. The van der Waals surface area contributed by atoms with Gasteiger partial charge in [-0.2, -0.15) is 5.10 Å². The second-order valence-electron chi connectivity index (χ2n) is 4.25. The van der Waals surface area contributed by atoms with E-state index >= 15 is 0 Å². The minimum absolute atomic E-state index is 0.918. The lowest BCUT2D eigenvalue weighted by molar-refractivity contribution is 0.394. The summed E-state index contributed by atoms with van der Waals surface area (Å²) in [6.45, 7) is 7.22. The number of aromatic amines is 1. The molecule has 86 valence electrons. The molecule has 0 saturated heterocycles. The number of H-pyrrole nitrogens is 1. The highest BCUT2D eigenvalue weighted by Crippen LogP contribution is 2.07. The van der Waals surface area contributed by atoms with Gasteiger partial charge in [-0.25, -0.2) is 0 Å². The summed E-state index contributed by atoms with van der Waals surface area (Å²) in [6, 6.07) is 0. The van der Waals surface area contributed by atoms with Gasteiger partial charge in [0.25, 0.3) is 0 Å². The number of hydrogen-bond donors (Lipinski definition) is 2. The summed E-state index contributed by atoms with van der Waals surface area (Å²) < 4.78 is 0. The van der Waals surface area contributed by atoms with E-state index in [0.717, 1.165) is 25.3 Å². The maximum absolute atomic E-state index is 4.17. The van der Waals surface area contributed by atoms with Crippen molar-refractivity contribution in [2.24, 2.45) is 0 Å². The van der Waals surface area contributed by atoms with Crippen molar-refractivity contribution in [1.82, 2.24) is 20.4 Å². The summed E-state index contributed by atoms with van der Waals surface area (Å²) in [5, 5.41) is 10.6. The van der Waals surface area contributed by atoms with E-state index in [-0.39, 0.29) is 0 Å². The number of rotatable bonds is 6. The highest BCUT2D eigenvalue weighted by molar-refractivity contribution is 5.22. The fourth-order valence-corrected chi connectivity index (χ4v) is 1.57. The lowest BCUT2D eigenvalue weighted by Gasteiger charge is -2.09. The number of nitrogens with one attached hydrogen (secondary N) is 2. The average molecular weight is 210 g/mol. The maximum atomic E-state index is 4.17. The first-order valence-electron chi connectivity index (χ1n) is 5.47. The molecule has 4 nitrogen and oxygen atoms in total. The maximum Gasteiger partial charge on any atom is 0.0638 e. The van der Waals surface area contributed by atoms with E-state index in [1.54, 1.807) is 0 Å². The molecule has 2 N–H and O–H groups in total. The summed E-state index contributed by atoms with van der Waals surface area (Å²) in [5.41, 5.74) is 3.58. The van der Waals surface area contributed by atoms with E-state index in [0.29, 0.717) is 0 Å². The zero-order valence-corrected chi connectivity index (χ0v) is 10.2. The quantitative estimate of drug-likeness (QED) is 0.690. The van der Waals surface area contributed by atoms with E-state index in [9.17, 15) is 0 Å². The molecule has 0 bridgehead atoms. The number of nitrogens with zero attached hydrogens (tertiary/aromatic N) is 2. The molecule has 0 unspecified atom stereocenters. The van der Waals surface area contributed by atoms with Crippen LogP contribution in [0.3, 0.4) is 0 Å². The SMILES string of the molecule is Cc1n[nH]c(C)c1CNCCCN(C)C. The fraction of sp³-hybridized carbons (Fsp3) is 0.727. The topological polar surface area (TPSA) is 44.0 Å². The first kappa shape index (κ1) is 12.2. The Kier molecular flexibility index (Phi) is 4.78. The Bertz CT molecular complexity index is 271. The van der Waals surface area contributed by atoms with Crippen LogP contribution in [0.25, 0.3) is 0 Å². The second-order valence-corrected chi connectivity index (χ2v) is 4.25. The third kappa shape index (κ3) is 4.01. The first-order valence-corrected chi connectivity index (χ1v) is 5.47. The van der Waals surface area contributed by atoms with E-state index in [1.165, 1.54) is 17.7 Å². The van der Waals surface area contributed by atoms with E-state index in [1.807, 2.05) is 6.92 Å². The van der Waals surface area contributed by atoms with Gasteiger partial charge in [0.15, 0.2) is 0 Å².